The smallest absolute Gasteiger partial charge is 0.224 e. The molecular formula is C16H21N3O. The lowest BCUT2D eigenvalue weighted by Gasteiger charge is -2.13. The number of nitrogens with one attached hydrogen (secondary N) is 2. The molecule has 20 heavy (non-hydrogen) atoms. The lowest BCUT2D eigenvalue weighted by molar-refractivity contribution is -0.121. The Morgan fingerprint density at radius 3 is 3.00 bits per heavy atom. The van der Waals surface area contributed by atoms with E-state index in [1.54, 1.807) is 0 Å². The van der Waals surface area contributed by atoms with Gasteiger partial charge < -0.3 is 15.2 Å². The van der Waals surface area contributed by atoms with E-state index in [2.05, 4.69) is 35.2 Å². The zero-order chi connectivity index (χ0) is 14.1. The van der Waals surface area contributed by atoms with Gasteiger partial charge in [0.25, 0.3) is 0 Å². The number of benzene rings is 1. The quantitative estimate of drug-likeness (QED) is 0.896. The van der Waals surface area contributed by atoms with Gasteiger partial charge in [-0.05, 0) is 32.0 Å². The lowest BCUT2D eigenvalue weighted by Crippen LogP contribution is -2.37. The Kier molecular flexibility index (Phi) is 3.49. The van der Waals surface area contributed by atoms with Gasteiger partial charge in [-0.25, -0.2) is 0 Å². The van der Waals surface area contributed by atoms with Crippen molar-refractivity contribution >= 4 is 16.8 Å². The van der Waals surface area contributed by atoms with E-state index in [1.165, 1.54) is 0 Å². The molecule has 4 nitrogen and oxygen atoms in total. The second-order valence-corrected chi connectivity index (χ2v) is 5.83. The molecule has 3 rings (SSSR count). The summed E-state index contributed by atoms with van der Waals surface area (Å²) in [5.41, 5.74) is 2.15. The van der Waals surface area contributed by atoms with Crippen molar-refractivity contribution in [3.8, 4) is 0 Å². The van der Waals surface area contributed by atoms with E-state index in [-0.39, 0.29) is 11.9 Å². The Bertz CT molecular complexity index is 609. The molecule has 1 amide bonds. The number of carbonyl (C=O) groups excluding carboxylic acids is 1. The maximum atomic E-state index is 12.2. The van der Waals surface area contributed by atoms with Crippen molar-refractivity contribution in [2.75, 3.05) is 13.6 Å². The predicted molar refractivity (Wildman–Crippen MR) is 80.6 cm³/mol. The number of aromatic amines is 1. The van der Waals surface area contributed by atoms with Crippen LogP contribution in [-0.4, -0.2) is 41.5 Å². The van der Waals surface area contributed by atoms with E-state index in [1.807, 2.05) is 24.4 Å². The first kappa shape index (κ1) is 13.2. The van der Waals surface area contributed by atoms with Crippen molar-refractivity contribution in [2.45, 2.75) is 31.8 Å². The molecule has 1 aliphatic heterocycles. The highest BCUT2D eigenvalue weighted by molar-refractivity contribution is 5.88. The fourth-order valence-electron chi connectivity index (χ4n) is 3.03. The monoisotopic (exact) mass is 271 g/mol. The minimum Gasteiger partial charge on any atom is -0.361 e. The van der Waals surface area contributed by atoms with Gasteiger partial charge in [-0.1, -0.05) is 18.2 Å². The summed E-state index contributed by atoms with van der Waals surface area (Å²) in [6, 6.07) is 8.93. The molecule has 0 radical (unpaired) electrons. The molecule has 4 heteroatoms. The number of fused-ring (bicyclic) bond motifs is 1. The van der Waals surface area contributed by atoms with Crippen molar-refractivity contribution in [1.82, 2.24) is 15.2 Å². The van der Waals surface area contributed by atoms with Crippen LogP contribution in [0.1, 0.15) is 18.9 Å². The summed E-state index contributed by atoms with van der Waals surface area (Å²) in [5, 5.41) is 4.29. The number of likely N-dealkylation sites (tertiary alicyclic amines) is 1. The molecule has 0 aliphatic carbocycles. The fourth-order valence-corrected chi connectivity index (χ4v) is 3.03. The van der Waals surface area contributed by atoms with Crippen molar-refractivity contribution in [3.63, 3.8) is 0 Å². The van der Waals surface area contributed by atoms with E-state index in [4.69, 9.17) is 0 Å². The number of rotatable bonds is 3. The standard InChI is InChI=1S/C16H21N3O/c1-11-7-13(10-19(11)2)18-16(20)8-12-9-17-15-6-4-3-5-14(12)15/h3-6,9,11,13,17H,7-8,10H2,1-2H3,(H,18,20)/t11-,13-/m1/s1. The molecule has 106 valence electrons. The Hall–Kier alpha value is -1.81. The zero-order valence-electron chi connectivity index (χ0n) is 12.0. The van der Waals surface area contributed by atoms with Crippen molar-refractivity contribution in [3.05, 3.63) is 36.0 Å². The van der Waals surface area contributed by atoms with Crippen LogP contribution in [0, 0.1) is 0 Å². The molecule has 1 saturated heterocycles. The summed E-state index contributed by atoms with van der Waals surface area (Å²) in [4.78, 5) is 17.7. The maximum Gasteiger partial charge on any atom is 0.224 e. The van der Waals surface area contributed by atoms with Crippen LogP contribution >= 0.6 is 0 Å². The minimum absolute atomic E-state index is 0.113. The highest BCUT2D eigenvalue weighted by Gasteiger charge is 2.27. The lowest BCUT2D eigenvalue weighted by atomic mass is 10.1. The molecule has 2 N–H and O–H groups in total. The normalized spacial score (nSPS) is 23.3. The van der Waals surface area contributed by atoms with Crippen LogP contribution in [0.15, 0.2) is 30.5 Å². The zero-order valence-corrected chi connectivity index (χ0v) is 12.0. The molecule has 0 saturated carbocycles. The number of H-pyrrole nitrogens is 1. The number of nitrogens with zero attached hydrogens (tertiary/aromatic N) is 1. The largest absolute Gasteiger partial charge is 0.361 e. The number of hydrogen-bond donors (Lipinski definition) is 2. The van der Waals surface area contributed by atoms with Crippen molar-refractivity contribution < 1.29 is 4.79 Å². The molecule has 1 aliphatic rings. The van der Waals surface area contributed by atoms with E-state index < -0.39 is 0 Å². The Morgan fingerprint density at radius 1 is 1.45 bits per heavy atom. The van der Waals surface area contributed by atoms with Crippen LogP contribution in [0.2, 0.25) is 0 Å². The number of aromatic nitrogens is 1. The summed E-state index contributed by atoms with van der Waals surface area (Å²) < 4.78 is 0. The first-order valence-electron chi connectivity index (χ1n) is 7.18. The average Bonchev–Trinajstić information content (AvgIpc) is 2.95. The average molecular weight is 271 g/mol. The predicted octanol–water partition coefficient (Wildman–Crippen LogP) is 1.92. The van der Waals surface area contributed by atoms with Gasteiger partial charge in [0.05, 0.1) is 6.42 Å². The van der Waals surface area contributed by atoms with E-state index in [0.29, 0.717) is 12.5 Å². The third-order valence-electron chi connectivity index (χ3n) is 4.28. The second kappa shape index (κ2) is 5.29. The Labute approximate surface area is 119 Å². The molecule has 2 heterocycles. The van der Waals surface area contributed by atoms with Crippen LogP contribution < -0.4 is 5.32 Å². The van der Waals surface area contributed by atoms with E-state index in [9.17, 15) is 4.79 Å². The van der Waals surface area contributed by atoms with Gasteiger partial charge in [-0.2, -0.15) is 0 Å². The van der Waals surface area contributed by atoms with Crippen molar-refractivity contribution in [2.24, 2.45) is 0 Å². The van der Waals surface area contributed by atoms with E-state index >= 15 is 0 Å². The van der Waals surface area contributed by atoms with Gasteiger partial charge in [0.2, 0.25) is 5.91 Å². The van der Waals surface area contributed by atoms with Gasteiger partial charge in [-0.15, -0.1) is 0 Å². The third-order valence-corrected chi connectivity index (χ3v) is 4.28. The van der Waals surface area contributed by atoms with Gasteiger partial charge >= 0.3 is 0 Å². The molecule has 2 atom stereocenters. The maximum absolute atomic E-state index is 12.2. The molecule has 2 aromatic rings. The van der Waals surface area contributed by atoms with Gasteiger partial charge in [0, 0.05) is 35.7 Å². The summed E-state index contributed by atoms with van der Waals surface area (Å²) in [6.45, 7) is 3.15. The van der Waals surface area contributed by atoms with Crippen LogP contribution in [0.25, 0.3) is 10.9 Å². The Balaban J connectivity index is 1.65. The topological polar surface area (TPSA) is 48.1 Å². The number of hydrogen-bond acceptors (Lipinski definition) is 2. The molecule has 0 bridgehead atoms. The SMILES string of the molecule is C[C@@H]1C[C@@H](NC(=O)Cc2c[nH]c3ccccc23)CN1C. The number of para-hydroxylation sites is 1. The van der Waals surface area contributed by atoms with Crippen LogP contribution in [0.5, 0.6) is 0 Å². The molecule has 1 fully saturated rings. The minimum atomic E-state index is 0.113. The summed E-state index contributed by atoms with van der Waals surface area (Å²) in [5.74, 6) is 0.113. The van der Waals surface area contributed by atoms with Crippen LogP contribution in [-0.2, 0) is 11.2 Å². The fraction of sp³-hybridized carbons (Fsp3) is 0.438. The third kappa shape index (κ3) is 2.56. The molecule has 1 aromatic heterocycles. The van der Waals surface area contributed by atoms with E-state index in [0.717, 1.165) is 29.4 Å². The van der Waals surface area contributed by atoms with Crippen molar-refractivity contribution in [1.29, 1.82) is 0 Å². The first-order valence-corrected chi connectivity index (χ1v) is 7.18. The molecule has 0 unspecified atom stereocenters. The molecule has 0 spiro atoms. The van der Waals surface area contributed by atoms with Crippen LogP contribution in [0.4, 0.5) is 0 Å². The van der Waals surface area contributed by atoms with Gasteiger partial charge in [0.1, 0.15) is 0 Å². The van der Waals surface area contributed by atoms with Gasteiger partial charge in [0.15, 0.2) is 0 Å². The second-order valence-electron chi connectivity index (χ2n) is 5.83. The highest BCUT2D eigenvalue weighted by atomic mass is 16.1. The van der Waals surface area contributed by atoms with Gasteiger partial charge in [-0.3, -0.25) is 4.79 Å². The first-order chi connectivity index (χ1) is 9.63. The number of amides is 1. The summed E-state index contributed by atoms with van der Waals surface area (Å²) in [6.07, 6.45) is 3.42. The summed E-state index contributed by atoms with van der Waals surface area (Å²) >= 11 is 0. The molecule has 1 aromatic carbocycles. The Morgan fingerprint density at radius 2 is 2.25 bits per heavy atom. The number of likely N-dealkylation sites (N-methyl/N-ethyl adjacent to an activating group) is 1. The summed E-state index contributed by atoms with van der Waals surface area (Å²) in [7, 11) is 2.11. The highest BCUT2D eigenvalue weighted by Crippen LogP contribution is 2.19. The van der Waals surface area contributed by atoms with Crippen LogP contribution in [0.3, 0.4) is 0 Å². The number of carbonyl (C=O) groups is 1. The molecular weight excluding hydrogens is 250 g/mol.